The summed E-state index contributed by atoms with van der Waals surface area (Å²) in [6, 6.07) is 3.88. The Kier molecular flexibility index (Phi) is 5.27. The molecule has 0 bridgehead atoms. The van der Waals surface area contributed by atoms with Crippen LogP contribution in [0.5, 0.6) is 5.75 Å². The molecule has 0 saturated heterocycles. The van der Waals surface area contributed by atoms with Gasteiger partial charge in [-0.25, -0.2) is 0 Å². The average Bonchev–Trinajstić information content (AvgIpc) is 2.84. The molecule has 1 aliphatic heterocycles. The lowest BCUT2D eigenvalue weighted by atomic mass is 10.0. The SMILES string of the molecule is COCCC(C)(O)CNCc1cc(Cl)cc2c1OCC2. The summed E-state index contributed by atoms with van der Waals surface area (Å²) in [4.78, 5) is 0. The van der Waals surface area contributed by atoms with Crippen molar-refractivity contribution in [1.29, 1.82) is 0 Å². The second-order valence-electron chi connectivity index (χ2n) is 5.49. The molecule has 1 heterocycles. The molecular formula is C15H22ClNO3. The highest BCUT2D eigenvalue weighted by atomic mass is 35.5. The lowest BCUT2D eigenvalue weighted by Gasteiger charge is -2.23. The van der Waals surface area contributed by atoms with E-state index in [0.717, 1.165) is 22.8 Å². The molecule has 4 nitrogen and oxygen atoms in total. The first-order valence-electron chi connectivity index (χ1n) is 6.88. The van der Waals surface area contributed by atoms with Gasteiger partial charge in [-0.1, -0.05) is 11.6 Å². The topological polar surface area (TPSA) is 50.7 Å². The van der Waals surface area contributed by atoms with Gasteiger partial charge in [0.05, 0.1) is 12.2 Å². The quantitative estimate of drug-likeness (QED) is 0.810. The highest BCUT2D eigenvalue weighted by Gasteiger charge is 2.21. The molecule has 1 unspecified atom stereocenters. The molecule has 0 fully saturated rings. The van der Waals surface area contributed by atoms with E-state index in [4.69, 9.17) is 21.1 Å². The maximum atomic E-state index is 10.2. The minimum atomic E-state index is -0.779. The van der Waals surface area contributed by atoms with Crippen LogP contribution in [0.2, 0.25) is 5.02 Å². The normalized spacial score (nSPS) is 16.6. The second kappa shape index (κ2) is 6.76. The van der Waals surface area contributed by atoms with Crippen LogP contribution in [-0.4, -0.2) is 37.6 Å². The third-order valence-corrected chi connectivity index (χ3v) is 3.71. The van der Waals surface area contributed by atoms with Gasteiger partial charge in [0.25, 0.3) is 0 Å². The van der Waals surface area contributed by atoms with Crippen molar-refractivity contribution in [3.63, 3.8) is 0 Å². The molecule has 1 aromatic rings. The maximum Gasteiger partial charge on any atom is 0.127 e. The largest absolute Gasteiger partial charge is 0.493 e. The Balaban J connectivity index is 1.92. The van der Waals surface area contributed by atoms with E-state index in [0.29, 0.717) is 32.7 Å². The van der Waals surface area contributed by atoms with E-state index in [1.54, 1.807) is 14.0 Å². The number of hydrogen-bond donors (Lipinski definition) is 2. The third-order valence-electron chi connectivity index (χ3n) is 3.49. The van der Waals surface area contributed by atoms with Crippen molar-refractivity contribution < 1.29 is 14.6 Å². The predicted molar refractivity (Wildman–Crippen MR) is 79.5 cm³/mol. The fourth-order valence-corrected chi connectivity index (χ4v) is 2.62. The number of methoxy groups -OCH3 is 1. The highest BCUT2D eigenvalue weighted by molar-refractivity contribution is 6.30. The number of rotatable bonds is 7. The summed E-state index contributed by atoms with van der Waals surface area (Å²) >= 11 is 6.12. The zero-order chi connectivity index (χ0) is 14.6. The van der Waals surface area contributed by atoms with E-state index < -0.39 is 5.60 Å². The van der Waals surface area contributed by atoms with Crippen LogP contribution in [0, 0.1) is 0 Å². The number of halogens is 1. The summed E-state index contributed by atoms with van der Waals surface area (Å²) in [6.45, 7) is 4.19. The summed E-state index contributed by atoms with van der Waals surface area (Å²) in [5.74, 6) is 0.943. The first-order chi connectivity index (χ1) is 9.52. The van der Waals surface area contributed by atoms with Crippen LogP contribution >= 0.6 is 11.6 Å². The zero-order valence-electron chi connectivity index (χ0n) is 12.0. The molecule has 20 heavy (non-hydrogen) atoms. The minimum Gasteiger partial charge on any atom is -0.493 e. The predicted octanol–water partition coefficient (Wildman–Crippen LogP) is 2.15. The molecule has 0 aromatic heterocycles. The van der Waals surface area contributed by atoms with Crippen molar-refractivity contribution in [3.8, 4) is 5.75 Å². The van der Waals surface area contributed by atoms with E-state index >= 15 is 0 Å². The van der Waals surface area contributed by atoms with Gasteiger partial charge >= 0.3 is 0 Å². The van der Waals surface area contributed by atoms with Crippen LogP contribution in [0.3, 0.4) is 0 Å². The molecule has 1 aliphatic rings. The van der Waals surface area contributed by atoms with E-state index in [2.05, 4.69) is 5.32 Å². The van der Waals surface area contributed by atoms with Crippen LogP contribution in [0.15, 0.2) is 12.1 Å². The molecule has 112 valence electrons. The van der Waals surface area contributed by atoms with Gasteiger partial charge in [-0.3, -0.25) is 0 Å². The van der Waals surface area contributed by atoms with Crippen molar-refractivity contribution >= 4 is 11.6 Å². The maximum absolute atomic E-state index is 10.2. The van der Waals surface area contributed by atoms with Crippen molar-refractivity contribution in [1.82, 2.24) is 5.32 Å². The highest BCUT2D eigenvalue weighted by Crippen LogP contribution is 2.32. The Morgan fingerprint density at radius 3 is 3.05 bits per heavy atom. The lowest BCUT2D eigenvalue weighted by molar-refractivity contribution is 0.0247. The molecule has 0 saturated carbocycles. The monoisotopic (exact) mass is 299 g/mol. The lowest BCUT2D eigenvalue weighted by Crippen LogP contribution is -2.38. The summed E-state index contributed by atoms with van der Waals surface area (Å²) in [7, 11) is 1.64. The van der Waals surface area contributed by atoms with Gasteiger partial charge in [0, 0.05) is 50.2 Å². The molecule has 5 heteroatoms. The summed E-state index contributed by atoms with van der Waals surface area (Å²) in [5.41, 5.74) is 1.44. The van der Waals surface area contributed by atoms with Crippen molar-refractivity contribution in [2.24, 2.45) is 0 Å². The zero-order valence-corrected chi connectivity index (χ0v) is 12.8. The molecule has 1 aromatic carbocycles. The summed E-state index contributed by atoms with van der Waals surface area (Å²) < 4.78 is 10.6. The molecule has 0 radical (unpaired) electrons. The van der Waals surface area contributed by atoms with Crippen LogP contribution in [0.25, 0.3) is 0 Å². The third kappa shape index (κ3) is 4.09. The van der Waals surface area contributed by atoms with Crippen LogP contribution in [0.1, 0.15) is 24.5 Å². The summed E-state index contributed by atoms with van der Waals surface area (Å²) in [5, 5.41) is 14.2. The average molecular weight is 300 g/mol. The fraction of sp³-hybridized carbons (Fsp3) is 0.600. The Hall–Kier alpha value is -0.810. The second-order valence-corrected chi connectivity index (χ2v) is 5.93. The van der Waals surface area contributed by atoms with Gasteiger partial charge < -0.3 is 19.9 Å². The Labute approximate surface area is 125 Å². The van der Waals surface area contributed by atoms with Gasteiger partial charge in [0.15, 0.2) is 0 Å². The number of aliphatic hydroxyl groups is 1. The first-order valence-corrected chi connectivity index (χ1v) is 7.26. The van der Waals surface area contributed by atoms with E-state index in [1.165, 1.54) is 5.56 Å². The number of nitrogens with one attached hydrogen (secondary N) is 1. The van der Waals surface area contributed by atoms with E-state index in [-0.39, 0.29) is 0 Å². The molecule has 1 atom stereocenters. The van der Waals surface area contributed by atoms with Crippen molar-refractivity contribution in [2.45, 2.75) is 31.9 Å². The molecule has 2 rings (SSSR count). The van der Waals surface area contributed by atoms with Gasteiger partial charge in [-0.15, -0.1) is 0 Å². The Morgan fingerprint density at radius 2 is 2.30 bits per heavy atom. The molecular weight excluding hydrogens is 278 g/mol. The minimum absolute atomic E-state index is 0.498. The smallest absolute Gasteiger partial charge is 0.127 e. The Bertz CT molecular complexity index is 463. The standard InChI is InChI=1S/C15H22ClNO3/c1-15(18,4-6-19-2)10-17-9-12-8-13(16)7-11-3-5-20-14(11)12/h7-8,17-18H,3-6,9-10H2,1-2H3. The first kappa shape index (κ1) is 15.6. The fourth-order valence-electron chi connectivity index (χ4n) is 2.35. The number of fused-ring (bicyclic) bond motifs is 1. The molecule has 0 aliphatic carbocycles. The van der Waals surface area contributed by atoms with Crippen LogP contribution < -0.4 is 10.1 Å². The Morgan fingerprint density at radius 1 is 1.50 bits per heavy atom. The van der Waals surface area contributed by atoms with Gasteiger partial charge in [0.1, 0.15) is 5.75 Å². The molecule has 0 spiro atoms. The van der Waals surface area contributed by atoms with E-state index in [1.807, 2.05) is 12.1 Å². The molecule has 2 N–H and O–H groups in total. The van der Waals surface area contributed by atoms with Crippen molar-refractivity contribution in [3.05, 3.63) is 28.3 Å². The van der Waals surface area contributed by atoms with Crippen LogP contribution in [-0.2, 0) is 17.7 Å². The summed E-state index contributed by atoms with van der Waals surface area (Å²) in [6.07, 6.45) is 1.51. The number of hydrogen-bond acceptors (Lipinski definition) is 4. The number of benzene rings is 1. The van der Waals surface area contributed by atoms with Crippen LogP contribution in [0.4, 0.5) is 0 Å². The number of ether oxygens (including phenoxy) is 2. The van der Waals surface area contributed by atoms with Gasteiger partial charge in [0.2, 0.25) is 0 Å². The van der Waals surface area contributed by atoms with Gasteiger partial charge in [-0.05, 0) is 24.6 Å². The van der Waals surface area contributed by atoms with Crippen molar-refractivity contribution in [2.75, 3.05) is 26.9 Å². The van der Waals surface area contributed by atoms with E-state index in [9.17, 15) is 5.11 Å². The van der Waals surface area contributed by atoms with Gasteiger partial charge in [-0.2, -0.15) is 0 Å². The molecule has 0 amide bonds.